The molecule has 0 aromatic carbocycles. The normalized spacial score (nSPS) is 23.3. The molecule has 1 unspecified atom stereocenters. The lowest BCUT2D eigenvalue weighted by Gasteiger charge is -2.21. The fraction of sp³-hybridized carbons (Fsp3) is 0.778. The van der Waals surface area contributed by atoms with Crippen LogP contribution in [0.25, 0.3) is 0 Å². The molecule has 0 spiro atoms. The minimum Gasteiger partial charge on any atom is -0.316 e. The first-order valence-electron chi connectivity index (χ1n) is 4.93. The van der Waals surface area contributed by atoms with E-state index in [9.17, 15) is 0 Å². The molecule has 2 N–H and O–H groups in total. The first-order valence-corrected chi connectivity index (χ1v) is 4.93. The molecule has 0 bridgehead atoms. The number of aryl methyl sites for hydroxylation is 1. The Bertz CT molecular complexity index is 262. The van der Waals surface area contributed by atoms with Gasteiger partial charge in [0.2, 0.25) is 0 Å². The van der Waals surface area contributed by atoms with Crippen LogP contribution in [0.15, 0.2) is 0 Å². The number of nitrogens with one attached hydrogen (secondary N) is 2. The predicted molar refractivity (Wildman–Crippen MR) is 50.4 cm³/mol. The summed E-state index contributed by atoms with van der Waals surface area (Å²) in [5.74, 6) is 2.61. The molecule has 72 valence electrons. The zero-order chi connectivity index (χ0) is 9.10. The Hall–Kier alpha value is -0.900. The molecule has 2 heterocycles. The van der Waals surface area contributed by atoms with Crippen molar-refractivity contribution in [3.63, 3.8) is 0 Å². The molecular weight excluding hydrogens is 164 g/mol. The fourth-order valence-electron chi connectivity index (χ4n) is 1.84. The molecule has 0 saturated carbocycles. The van der Waals surface area contributed by atoms with Crippen molar-refractivity contribution in [1.82, 2.24) is 20.5 Å². The standard InChI is InChI=1S/C9H16N4/c1-7-11-9(13-12-7)5-8-3-2-4-10-6-8/h8,10H,2-6H2,1H3,(H,11,12,13). The van der Waals surface area contributed by atoms with E-state index in [1.807, 2.05) is 6.92 Å². The summed E-state index contributed by atoms with van der Waals surface area (Å²) in [6.45, 7) is 4.23. The second-order valence-electron chi connectivity index (χ2n) is 3.75. The highest BCUT2D eigenvalue weighted by Gasteiger charge is 2.15. The van der Waals surface area contributed by atoms with E-state index >= 15 is 0 Å². The van der Waals surface area contributed by atoms with Gasteiger partial charge in [-0.1, -0.05) is 0 Å². The van der Waals surface area contributed by atoms with Gasteiger partial charge in [0.05, 0.1) is 0 Å². The zero-order valence-corrected chi connectivity index (χ0v) is 8.01. The number of aromatic amines is 1. The van der Waals surface area contributed by atoms with Gasteiger partial charge in [-0.05, 0) is 38.8 Å². The largest absolute Gasteiger partial charge is 0.316 e. The average Bonchev–Trinajstić information content (AvgIpc) is 2.53. The highest BCUT2D eigenvalue weighted by Crippen LogP contribution is 2.13. The smallest absolute Gasteiger partial charge is 0.151 e. The summed E-state index contributed by atoms with van der Waals surface area (Å²) in [5.41, 5.74) is 0. The minimum atomic E-state index is 0.726. The van der Waals surface area contributed by atoms with Gasteiger partial charge in [0.1, 0.15) is 5.82 Å². The average molecular weight is 180 g/mol. The third-order valence-corrected chi connectivity index (χ3v) is 2.51. The van der Waals surface area contributed by atoms with Gasteiger partial charge < -0.3 is 5.32 Å². The molecule has 0 amide bonds. The zero-order valence-electron chi connectivity index (χ0n) is 8.01. The topological polar surface area (TPSA) is 53.6 Å². The Morgan fingerprint density at radius 3 is 3.08 bits per heavy atom. The molecule has 0 radical (unpaired) electrons. The summed E-state index contributed by atoms with van der Waals surface area (Å²) >= 11 is 0. The van der Waals surface area contributed by atoms with E-state index in [1.54, 1.807) is 0 Å². The van der Waals surface area contributed by atoms with Gasteiger partial charge in [0.25, 0.3) is 0 Å². The molecule has 1 aliphatic rings. The summed E-state index contributed by atoms with van der Waals surface area (Å²) in [6.07, 6.45) is 3.60. The quantitative estimate of drug-likeness (QED) is 0.702. The lowest BCUT2D eigenvalue weighted by Crippen LogP contribution is -2.31. The summed E-state index contributed by atoms with van der Waals surface area (Å²) in [5, 5.41) is 10.4. The second kappa shape index (κ2) is 3.87. The summed E-state index contributed by atoms with van der Waals surface area (Å²) in [6, 6.07) is 0. The van der Waals surface area contributed by atoms with Crippen molar-refractivity contribution in [1.29, 1.82) is 0 Å². The van der Waals surface area contributed by atoms with Crippen LogP contribution < -0.4 is 5.32 Å². The monoisotopic (exact) mass is 180 g/mol. The van der Waals surface area contributed by atoms with Crippen molar-refractivity contribution in [3.05, 3.63) is 11.6 Å². The van der Waals surface area contributed by atoms with E-state index in [4.69, 9.17) is 0 Å². The van der Waals surface area contributed by atoms with Crippen molar-refractivity contribution < 1.29 is 0 Å². The molecule has 1 aromatic rings. The maximum Gasteiger partial charge on any atom is 0.151 e. The van der Waals surface area contributed by atoms with Crippen LogP contribution in [0.2, 0.25) is 0 Å². The molecule has 4 heteroatoms. The van der Waals surface area contributed by atoms with Crippen molar-refractivity contribution in [2.24, 2.45) is 5.92 Å². The van der Waals surface area contributed by atoms with E-state index in [2.05, 4.69) is 20.5 Å². The molecule has 4 nitrogen and oxygen atoms in total. The van der Waals surface area contributed by atoms with Crippen molar-refractivity contribution in [3.8, 4) is 0 Å². The van der Waals surface area contributed by atoms with Gasteiger partial charge in [-0.15, -0.1) is 0 Å². The first-order chi connectivity index (χ1) is 6.34. The first kappa shape index (κ1) is 8.69. The van der Waals surface area contributed by atoms with Crippen LogP contribution in [0, 0.1) is 12.8 Å². The lowest BCUT2D eigenvalue weighted by atomic mass is 9.96. The van der Waals surface area contributed by atoms with Crippen LogP contribution in [0.4, 0.5) is 0 Å². The van der Waals surface area contributed by atoms with E-state index in [1.165, 1.54) is 19.4 Å². The Morgan fingerprint density at radius 1 is 1.54 bits per heavy atom. The molecule has 0 aliphatic carbocycles. The minimum absolute atomic E-state index is 0.726. The maximum absolute atomic E-state index is 4.31. The number of hydrogen-bond donors (Lipinski definition) is 2. The van der Waals surface area contributed by atoms with E-state index < -0.39 is 0 Å². The van der Waals surface area contributed by atoms with Crippen LogP contribution in [0.5, 0.6) is 0 Å². The molecule has 1 atom stereocenters. The molecule has 1 aromatic heterocycles. The highest BCUT2D eigenvalue weighted by molar-refractivity contribution is 4.90. The SMILES string of the molecule is Cc1nc(CC2CCCNC2)n[nH]1. The summed E-state index contributed by atoms with van der Waals surface area (Å²) < 4.78 is 0. The maximum atomic E-state index is 4.31. The summed E-state index contributed by atoms with van der Waals surface area (Å²) in [7, 11) is 0. The van der Waals surface area contributed by atoms with Crippen LogP contribution in [0.3, 0.4) is 0 Å². The Morgan fingerprint density at radius 2 is 2.46 bits per heavy atom. The van der Waals surface area contributed by atoms with Gasteiger partial charge in [0.15, 0.2) is 5.82 Å². The van der Waals surface area contributed by atoms with E-state index in [0.717, 1.165) is 30.5 Å². The van der Waals surface area contributed by atoms with E-state index in [-0.39, 0.29) is 0 Å². The predicted octanol–water partition coefficient (Wildman–Crippen LogP) is 0.655. The Labute approximate surface area is 78.1 Å². The van der Waals surface area contributed by atoms with Gasteiger partial charge in [0, 0.05) is 6.42 Å². The lowest BCUT2D eigenvalue weighted by molar-refractivity contribution is 0.371. The molecule has 1 fully saturated rings. The van der Waals surface area contributed by atoms with Gasteiger partial charge in [-0.3, -0.25) is 5.10 Å². The van der Waals surface area contributed by atoms with E-state index in [0.29, 0.717) is 0 Å². The van der Waals surface area contributed by atoms with Crippen molar-refractivity contribution in [2.45, 2.75) is 26.2 Å². The van der Waals surface area contributed by atoms with Crippen LogP contribution in [-0.2, 0) is 6.42 Å². The van der Waals surface area contributed by atoms with Crippen LogP contribution >= 0.6 is 0 Å². The van der Waals surface area contributed by atoms with Crippen molar-refractivity contribution in [2.75, 3.05) is 13.1 Å². The number of aromatic nitrogens is 3. The number of rotatable bonds is 2. The fourth-order valence-corrected chi connectivity index (χ4v) is 1.84. The molecular formula is C9H16N4. The number of hydrogen-bond acceptors (Lipinski definition) is 3. The Balaban J connectivity index is 1.89. The molecule has 13 heavy (non-hydrogen) atoms. The van der Waals surface area contributed by atoms with Crippen LogP contribution in [-0.4, -0.2) is 28.3 Å². The Kier molecular flexibility index (Phi) is 2.59. The number of H-pyrrole nitrogens is 1. The van der Waals surface area contributed by atoms with Gasteiger partial charge in [-0.25, -0.2) is 4.98 Å². The molecule has 1 aliphatic heterocycles. The molecule has 1 saturated heterocycles. The second-order valence-corrected chi connectivity index (χ2v) is 3.75. The number of nitrogens with zero attached hydrogens (tertiary/aromatic N) is 2. The van der Waals surface area contributed by atoms with Crippen molar-refractivity contribution >= 4 is 0 Å². The highest BCUT2D eigenvalue weighted by atomic mass is 15.2. The van der Waals surface area contributed by atoms with Gasteiger partial charge in [-0.2, -0.15) is 5.10 Å². The van der Waals surface area contributed by atoms with Gasteiger partial charge >= 0.3 is 0 Å². The number of piperidine rings is 1. The third-order valence-electron chi connectivity index (χ3n) is 2.51. The summed E-state index contributed by atoms with van der Waals surface area (Å²) in [4.78, 5) is 4.31. The molecule has 2 rings (SSSR count). The third kappa shape index (κ3) is 2.28. The van der Waals surface area contributed by atoms with Crippen LogP contribution in [0.1, 0.15) is 24.5 Å².